The molecule has 1 unspecified atom stereocenters. The first kappa shape index (κ1) is 21.2. The Balaban J connectivity index is 1.80. The summed E-state index contributed by atoms with van der Waals surface area (Å²) in [5.41, 5.74) is 1.27. The topological polar surface area (TPSA) is 82.0 Å². The van der Waals surface area contributed by atoms with E-state index in [0.717, 1.165) is 30.2 Å². The van der Waals surface area contributed by atoms with Gasteiger partial charge in [0.05, 0.1) is 0 Å². The number of allylic oxidation sites excluding steroid dienone is 1. The van der Waals surface area contributed by atoms with E-state index in [1.807, 2.05) is 62.3 Å². The lowest BCUT2D eigenvalue weighted by atomic mass is 10.0. The van der Waals surface area contributed by atoms with E-state index in [-0.39, 0.29) is 11.8 Å². The van der Waals surface area contributed by atoms with Crippen molar-refractivity contribution in [3.8, 4) is 0 Å². The second-order valence-corrected chi connectivity index (χ2v) is 7.38. The van der Waals surface area contributed by atoms with Gasteiger partial charge in [-0.15, -0.1) is 0 Å². The summed E-state index contributed by atoms with van der Waals surface area (Å²) < 4.78 is 0. The Morgan fingerprint density at radius 1 is 1.17 bits per heavy atom. The Kier molecular flexibility index (Phi) is 6.95. The second-order valence-electron chi connectivity index (χ2n) is 7.38. The van der Waals surface area contributed by atoms with Gasteiger partial charge in [0.1, 0.15) is 17.5 Å². The molecule has 1 aromatic carbocycles. The number of pyridine rings is 1. The molecule has 1 amide bonds. The summed E-state index contributed by atoms with van der Waals surface area (Å²) in [6.07, 6.45) is 5.28. The second kappa shape index (κ2) is 9.82. The molecule has 30 heavy (non-hydrogen) atoms. The van der Waals surface area contributed by atoms with E-state index >= 15 is 0 Å². The van der Waals surface area contributed by atoms with Crippen LogP contribution in [-0.4, -0.2) is 41.6 Å². The number of carbonyl (C=O) groups is 1. The van der Waals surface area contributed by atoms with Crippen molar-refractivity contribution in [1.82, 2.24) is 9.88 Å². The molecule has 0 spiro atoms. The van der Waals surface area contributed by atoms with Gasteiger partial charge in [0.2, 0.25) is 0 Å². The monoisotopic (exact) mass is 404 g/mol. The summed E-state index contributed by atoms with van der Waals surface area (Å²) in [6.45, 7) is 4.05. The van der Waals surface area contributed by atoms with Crippen LogP contribution in [0.3, 0.4) is 0 Å². The van der Waals surface area contributed by atoms with Gasteiger partial charge in [-0.1, -0.05) is 25.1 Å². The zero-order valence-corrected chi connectivity index (χ0v) is 17.9. The maximum Gasteiger partial charge on any atom is 0.255 e. The highest BCUT2D eigenvalue weighted by Crippen LogP contribution is 2.19. The molecule has 0 saturated heterocycles. The van der Waals surface area contributed by atoms with Crippen LogP contribution in [0.2, 0.25) is 0 Å². The van der Waals surface area contributed by atoms with Gasteiger partial charge < -0.3 is 15.5 Å². The average Bonchev–Trinajstić information content (AvgIpc) is 2.74. The molecule has 2 N–H and O–H groups in total. The number of nitrogens with zero attached hydrogens (tertiary/aromatic N) is 4. The van der Waals surface area contributed by atoms with Crippen molar-refractivity contribution in [1.29, 1.82) is 0 Å². The van der Waals surface area contributed by atoms with E-state index in [1.54, 1.807) is 18.3 Å². The van der Waals surface area contributed by atoms with Crippen molar-refractivity contribution < 1.29 is 4.79 Å². The van der Waals surface area contributed by atoms with E-state index in [0.29, 0.717) is 17.2 Å². The summed E-state index contributed by atoms with van der Waals surface area (Å²) >= 11 is 0. The number of hydrogen-bond donors (Lipinski definition) is 2. The third-order valence-electron chi connectivity index (χ3n) is 4.83. The fraction of sp³-hybridized carbons (Fsp3) is 0.304. The summed E-state index contributed by atoms with van der Waals surface area (Å²) in [5.74, 6) is 3.04. The van der Waals surface area contributed by atoms with E-state index in [9.17, 15) is 4.79 Å². The van der Waals surface area contributed by atoms with Crippen molar-refractivity contribution in [2.75, 3.05) is 24.7 Å². The summed E-state index contributed by atoms with van der Waals surface area (Å²) in [4.78, 5) is 28.4. The highest BCUT2D eigenvalue weighted by Gasteiger charge is 2.18. The minimum Gasteiger partial charge on any atom is -0.366 e. The van der Waals surface area contributed by atoms with E-state index in [2.05, 4.69) is 27.5 Å². The molecular formula is C23H28N6O. The molecule has 2 aromatic rings. The van der Waals surface area contributed by atoms with Gasteiger partial charge in [0.15, 0.2) is 5.82 Å². The maximum absolute atomic E-state index is 12.6. The number of aromatic nitrogens is 1. The average molecular weight is 405 g/mol. The summed E-state index contributed by atoms with van der Waals surface area (Å²) in [7, 11) is 3.99. The Morgan fingerprint density at radius 3 is 2.63 bits per heavy atom. The molecule has 0 aliphatic carbocycles. The van der Waals surface area contributed by atoms with Crippen LogP contribution in [0.25, 0.3) is 0 Å². The van der Waals surface area contributed by atoms with Gasteiger partial charge >= 0.3 is 0 Å². The number of anilines is 2. The number of amides is 1. The van der Waals surface area contributed by atoms with Gasteiger partial charge in [-0.2, -0.15) is 0 Å². The van der Waals surface area contributed by atoms with Crippen LogP contribution >= 0.6 is 0 Å². The van der Waals surface area contributed by atoms with Gasteiger partial charge in [0, 0.05) is 43.9 Å². The van der Waals surface area contributed by atoms with E-state index in [1.165, 1.54) is 0 Å². The van der Waals surface area contributed by atoms with Crippen molar-refractivity contribution in [2.45, 2.75) is 26.7 Å². The Labute approximate surface area is 177 Å². The predicted octanol–water partition coefficient (Wildman–Crippen LogP) is 4.40. The first-order valence-corrected chi connectivity index (χ1v) is 10.1. The first-order chi connectivity index (χ1) is 14.5. The van der Waals surface area contributed by atoms with Crippen LogP contribution in [0, 0.1) is 5.92 Å². The molecule has 1 aromatic heterocycles. The molecule has 0 radical (unpaired) electrons. The third kappa shape index (κ3) is 5.53. The standard InChI is InChI=1S/C23H28N6O/c1-5-19-26-21(29(3)4)12-11-16(2)22(27-19)28-20-15-17(13-14-24-20)23(30)25-18-9-7-6-8-10-18/h5-10,13-16H,11-12H2,1-4H3,(H,25,30)(H,24,27,28)/b19-5+,26-21?. The molecule has 0 bridgehead atoms. The summed E-state index contributed by atoms with van der Waals surface area (Å²) in [5, 5.41) is 6.19. The molecule has 1 atom stereocenters. The Bertz CT molecular complexity index is 978. The van der Waals surface area contributed by atoms with Crippen LogP contribution in [-0.2, 0) is 0 Å². The highest BCUT2D eigenvalue weighted by atomic mass is 16.1. The number of benzene rings is 1. The lowest BCUT2D eigenvalue weighted by molar-refractivity contribution is 0.102. The number of hydrogen-bond acceptors (Lipinski definition) is 6. The fourth-order valence-corrected chi connectivity index (χ4v) is 3.03. The van der Waals surface area contributed by atoms with E-state index in [4.69, 9.17) is 4.99 Å². The lowest BCUT2D eigenvalue weighted by Crippen LogP contribution is -2.28. The number of nitrogens with one attached hydrogen (secondary N) is 2. The number of carbonyl (C=O) groups excluding carboxylic acids is 1. The van der Waals surface area contributed by atoms with E-state index < -0.39 is 0 Å². The molecule has 1 aliphatic heterocycles. The summed E-state index contributed by atoms with van der Waals surface area (Å²) in [6, 6.07) is 12.8. The number of aliphatic imine (C=N–C) groups is 2. The molecule has 2 heterocycles. The molecular weight excluding hydrogens is 376 g/mol. The van der Waals surface area contributed by atoms with Crippen LogP contribution in [0.4, 0.5) is 11.5 Å². The van der Waals surface area contributed by atoms with Crippen molar-refractivity contribution >= 4 is 29.1 Å². The van der Waals surface area contributed by atoms with Crippen molar-refractivity contribution in [3.63, 3.8) is 0 Å². The van der Waals surface area contributed by atoms with Gasteiger partial charge in [0.25, 0.3) is 5.91 Å². The van der Waals surface area contributed by atoms with Gasteiger partial charge in [-0.25, -0.2) is 15.0 Å². The lowest BCUT2D eigenvalue weighted by Gasteiger charge is -2.22. The Hall–Kier alpha value is -3.48. The molecule has 3 rings (SSSR count). The smallest absolute Gasteiger partial charge is 0.255 e. The SMILES string of the molecule is C/C=C1/N=C(Nc2cc(C(=O)Nc3ccccc3)ccn2)C(C)CCC(N(C)C)=N1. The molecule has 7 heteroatoms. The Morgan fingerprint density at radius 2 is 1.93 bits per heavy atom. The zero-order valence-electron chi connectivity index (χ0n) is 17.9. The molecule has 0 saturated carbocycles. The van der Waals surface area contributed by atoms with Crippen molar-refractivity contribution in [3.05, 3.63) is 66.1 Å². The highest BCUT2D eigenvalue weighted by molar-refractivity contribution is 6.05. The van der Waals surface area contributed by atoms with Crippen LogP contribution in [0.5, 0.6) is 0 Å². The number of para-hydroxylation sites is 1. The maximum atomic E-state index is 12.6. The largest absolute Gasteiger partial charge is 0.366 e. The minimum absolute atomic E-state index is 0.186. The third-order valence-corrected chi connectivity index (χ3v) is 4.83. The number of amidine groups is 2. The predicted molar refractivity (Wildman–Crippen MR) is 123 cm³/mol. The van der Waals surface area contributed by atoms with Crippen LogP contribution in [0.1, 0.15) is 37.0 Å². The fourth-order valence-electron chi connectivity index (χ4n) is 3.03. The first-order valence-electron chi connectivity index (χ1n) is 10.1. The number of rotatable bonds is 3. The quantitative estimate of drug-likeness (QED) is 0.795. The van der Waals surface area contributed by atoms with Crippen molar-refractivity contribution in [2.24, 2.45) is 15.9 Å². The van der Waals surface area contributed by atoms with Gasteiger partial charge in [-0.05, 0) is 43.7 Å². The van der Waals surface area contributed by atoms with Crippen LogP contribution in [0.15, 0.2) is 70.5 Å². The normalized spacial score (nSPS) is 18.0. The molecule has 1 aliphatic rings. The molecule has 156 valence electrons. The molecule has 7 nitrogen and oxygen atoms in total. The van der Waals surface area contributed by atoms with Crippen LogP contribution < -0.4 is 10.6 Å². The molecule has 0 fully saturated rings. The minimum atomic E-state index is -0.186. The zero-order chi connectivity index (χ0) is 21.5. The van der Waals surface area contributed by atoms with Gasteiger partial charge in [-0.3, -0.25) is 4.79 Å².